The van der Waals surface area contributed by atoms with Crippen LogP contribution in [0.15, 0.2) is 42.5 Å². The summed E-state index contributed by atoms with van der Waals surface area (Å²) in [5.74, 6) is 2.29. The van der Waals surface area contributed by atoms with Crippen molar-refractivity contribution in [2.45, 2.75) is 19.3 Å². The van der Waals surface area contributed by atoms with E-state index in [4.69, 9.17) is 4.74 Å². The second kappa shape index (κ2) is 5.82. The highest BCUT2D eigenvalue weighted by molar-refractivity contribution is 5.95. The first-order valence-electron chi connectivity index (χ1n) is 8.32. The standard InChI is InChI=1S/C20H21NO2/c1-13(22)14-4-2-5-15(10-14)17-6-3-7-18-19-12-21-11-16(19)8-9-23-20(17)18/h2-7,10,16,19,21H,8-9,11-12H2,1H3/t16-,19-/m0/s1. The highest BCUT2D eigenvalue weighted by Crippen LogP contribution is 2.43. The molecule has 3 heteroatoms. The predicted molar refractivity (Wildman–Crippen MR) is 91.1 cm³/mol. The molecule has 0 aromatic heterocycles. The van der Waals surface area contributed by atoms with Crippen LogP contribution in [-0.2, 0) is 0 Å². The monoisotopic (exact) mass is 307 g/mol. The van der Waals surface area contributed by atoms with Gasteiger partial charge in [0.25, 0.3) is 0 Å². The molecule has 3 nitrogen and oxygen atoms in total. The Balaban J connectivity index is 1.83. The minimum Gasteiger partial charge on any atom is -0.493 e. The van der Waals surface area contributed by atoms with E-state index in [0.717, 1.165) is 48.6 Å². The summed E-state index contributed by atoms with van der Waals surface area (Å²) in [6.07, 6.45) is 1.10. The fraction of sp³-hybridized carbons (Fsp3) is 0.350. The Hall–Kier alpha value is -2.13. The zero-order valence-electron chi connectivity index (χ0n) is 13.3. The first-order chi connectivity index (χ1) is 11.2. The first kappa shape index (κ1) is 14.5. The zero-order chi connectivity index (χ0) is 15.8. The fourth-order valence-corrected chi connectivity index (χ4v) is 3.85. The van der Waals surface area contributed by atoms with Crippen LogP contribution in [0.1, 0.15) is 35.2 Å². The number of hydrogen-bond acceptors (Lipinski definition) is 3. The van der Waals surface area contributed by atoms with Gasteiger partial charge in [0, 0.05) is 23.6 Å². The van der Waals surface area contributed by atoms with Gasteiger partial charge in [-0.25, -0.2) is 0 Å². The number of benzene rings is 2. The third-order valence-electron chi connectivity index (χ3n) is 5.10. The van der Waals surface area contributed by atoms with Crippen molar-refractivity contribution in [3.63, 3.8) is 0 Å². The molecule has 1 N–H and O–H groups in total. The number of para-hydroxylation sites is 1. The Morgan fingerprint density at radius 3 is 2.91 bits per heavy atom. The lowest BCUT2D eigenvalue weighted by molar-refractivity contribution is 0.101. The van der Waals surface area contributed by atoms with Crippen LogP contribution in [0.25, 0.3) is 11.1 Å². The molecule has 23 heavy (non-hydrogen) atoms. The molecule has 0 unspecified atom stereocenters. The number of carbonyl (C=O) groups is 1. The van der Waals surface area contributed by atoms with E-state index in [1.807, 2.05) is 18.2 Å². The van der Waals surface area contributed by atoms with Crippen molar-refractivity contribution in [1.29, 1.82) is 0 Å². The van der Waals surface area contributed by atoms with Gasteiger partial charge in [-0.15, -0.1) is 0 Å². The van der Waals surface area contributed by atoms with Crippen molar-refractivity contribution in [2.75, 3.05) is 19.7 Å². The molecule has 0 radical (unpaired) electrons. The second-order valence-corrected chi connectivity index (χ2v) is 6.52. The molecule has 2 atom stereocenters. The number of carbonyl (C=O) groups excluding carboxylic acids is 1. The molecule has 2 aliphatic rings. The van der Waals surface area contributed by atoms with Gasteiger partial charge in [-0.1, -0.05) is 36.4 Å². The molecular formula is C20H21NO2. The summed E-state index contributed by atoms with van der Waals surface area (Å²) in [6.45, 7) is 4.48. The summed E-state index contributed by atoms with van der Waals surface area (Å²) in [7, 11) is 0. The van der Waals surface area contributed by atoms with Crippen LogP contribution in [0, 0.1) is 5.92 Å². The molecule has 0 bridgehead atoms. The van der Waals surface area contributed by atoms with E-state index in [9.17, 15) is 4.79 Å². The van der Waals surface area contributed by atoms with Crippen molar-refractivity contribution < 1.29 is 9.53 Å². The van der Waals surface area contributed by atoms with Gasteiger partial charge in [-0.05, 0) is 43.0 Å². The van der Waals surface area contributed by atoms with Crippen LogP contribution >= 0.6 is 0 Å². The molecule has 118 valence electrons. The molecule has 2 heterocycles. The maximum absolute atomic E-state index is 11.7. The smallest absolute Gasteiger partial charge is 0.159 e. The lowest BCUT2D eigenvalue weighted by Gasteiger charge is -2.18. The maximum atomic E-state index is 11.7. The summed E-state index contributed by atoms with van der Waals surface area (Å²) in [5.41, 5.74) is 4.20. The minimum absolute atomic E-state index is 0.0925. The van der Waals surface area contributed by atoms with Crippen LogP contribution < -0.4 is 10.1 Å². The lowest BCUT2D eigenvalue weighted by atomic mass is 9.85. The predicted octanol–water partition coefficient (Wildman–Crippen LogP) is 3.64. The van der Waals surface area contributed by atoms with Crippen molar-refractivity contribution in [3.8, 4) is 16.9 Å². The van der Waals surface area contributed by atoms with Gasteiger partial charge in [-0.3, -0.25) is 4.79 Å². The topological polar surface area (TPSA) is 38.3 Å². The van der Waals surface area contributed by atoms with E-state index in [1.165, 1.54) is 5.56 Å². The Labute approximate surface area is 136 Å². The van der Waals surface area contributed by atoms with Gasteiger partial charge in [0.15, 0.2) is 5.78 Å². The average Bonchev–Trinajstić information content (AvgIpc) is 2.96. The van der Waals surface area contributed by atoms with E-state index in [0.29, 0.717) is 11.8 Å². The molecule has 2 aromatic carbocycles. The van der Waals surface area contributed by atoms with Crippen molar-refractivity contribution in [3.05, 3.63) is 53.6 Å². The number of ether oxygens (including phenoxy) is 1. The molecular weight excluding hydrogens is 286 g/mol. The average molecular weight is 307 g/mol. The third kappa shape index (κ3) is 2.55. The number of nitrogens with one attached hydrogen (secondary N) is 1. The van der Waals surface area contributed by atoms with E-state index >= 15 is 0 Å². The Kier molecular flexibility index (Phi) is 3.66. The van der Waals surface area contributed by atoms with E-state index < -0.39 is 0 Å². The summed E-state index contributed by atoms with van der Waals surface area (Å²) < 4.78 is 6.16. The van der Waals surface area contributed by atoms with Gasteiger partial charge in [0.1, 0.15) is 5.75 Å². The Bertz CT molecular complexity index is 753. The Morgan fingerprint density at radius 2 is 2.04 bits per heavy atom. The molecule has 4 rings (SSSR count). The molecule has 0 aliphatic carbocycles. The number of rotatable bonds is 2. The molecule has 2 aromatic rings. The summed E-state index contributed by atoms with van der Waals surface area (Å²) in [5, 5.41) is 3.52. The normalized spacial score (nSPS) is 22.7. The SMILES string of the molecule is CC(=O)c1cccc(-c2cccc3c2OCC[C@H]2CNC[C@H]32)c1. The molecule has 2 aliphatic heterocycles. The van der Waals surface area contributed by atoms with Gasteiger partial charge < -0.3 is 10.1 Å². The van der Waals surface area contributed by atoms with Crippen LogP contribution in [0.2, 0.25) is 0 Å². The summed E-state index contributed by atoms with van der Waals surface area (Å²) >= 11 is 0. The van der Waals surface area contributed by atoms with E-state index in [-0.39, 0.29) is 5.78 Å². The van der Waals surface area contributed by atoms with Crippen molar-refractivity contribution >= 4 is 5.78 Å². The van der Waals surface area contributed by atoms with Crippen LogP contribution in [0.4, 0.5) is 0 Å². The van der Waals surface area contributed by atoms with Gasteiger partial charge in [-0.2, -0.15) is 0 Å². The van der Waals surface area contributed by atoms with Gasteiger partial charge in [0.2, 0.25) is 0 Å². The van der Waals surface area contributed by atoms with Crippen molar-refractivity contribution in [2.24, 2.45) is 5.92 Å². The van der Waals surface area contributed by atoms with Crippen molar-refractivity contribution in [1.82, 2.24) is 5.32 Å². The molecule has 0 saturated carbocycles. The number of fused-ring (bicyclic) bond motifs is 3. The number of ketones is 1. The Morgan fingerprint density at radius 1 is 1.17 bits per heavy atom. The summed E-state index contributed by atoms with van der Waals surface area (Å²) in [4.78, 5) is 11.7. The fourth-order valence-electron chi connectivity index (χ4n) is 3.85. The second-order valence-electron chi connectivity index (χ2n) is 6.52. The van der Waals surface area contributed by atoms with E-state index in [2.05, 4.69) is 29.6 Å². The third-order valence-corrected chi connectivity index (χ3v) is 5.10. The van der Waals surface area contributed by atoms with Gasteiger partial charge >= 0.3 is 0 Å². The highest BCUT2D eigenvalue weighted by Gasteiger charge is 2.33. The van der Waals surface area contributed by atoms with Gasteiger partial charge in [0.05, 0.1) is 6.61 Å². The minimum atomic E-state index is 0.0925. The number of Topliss-reactive ketones (excluding diaryl/α,β-unsaturated/α-hetero) is 1. The quantitative estimate of drug-likeness (QED) is 0.861. The summed E-state index contributed by atoms with van der Waals surface area (Å²) in [6, 6.07) is 14.2. The van der Waals surface area contributed by atoms with E-state index in [1.54, 1.807) is 6.92 Å². The molecule has 0 amide bonds. The zero-order valence-corrected chi connectivity index (χ0v) is 13.3. The molecule has 1 saturated heterocycles. The maximum Gasteiger partial charge on any atom is 0.159 e. The molecule has 1 fully saturated rings. The largest absolute Gasteiger partial charge is 0.493 e. The van der Waals surface area contributed by atoms with Crippen LogP contribution in [0.5, 0.6) is 5.75 Å². The van der Waals surface area contributed by atoms with Crippen LogP contribution in [-0.4, -0.2) is 25.5 Å². The number of hydrogen-bond donors (Lipinski definition) is 1. The van der Waals surface area contributed by atoms with Crippen LogP contribution in [0.3, 0.4) is 0 Å². The lowest BCUT2D eigenvalue weighted by Crippen LogP contribution is -2.11. The molecule has 0 spiro atoms. The highest BCUT2D eigenvalue weighted by atomic mass is 16.5. The first-order valence-corrected chi connectivity index (χ1v) is 8.32.